The van der Waals surface area contributed by atoms with Crippen LogP contribution < -0.4 is 5.32 Å². The van der Waals surface area contributed by atoms with Crippen LogP contribution in [0.15, 0.2) is 16.8 Å². The lowest BCUT2D eigenvalue weighted by molar-refractivity contribution is -0.202. The van der Waals surface area contributed by atoms with Gasteiger partial charge in [-0.15, -0.1) is 4.91 Å². The largest absolute Gasteiger partial charge is 0.392 e. The number of hydrogen-bond donors (Lipinski definition) is 3. The van der Waals surface area contributed by atoms with Crippen molar-refractivity contribution >= 4 is 23.7 Å². The molecule has 7 nitrogen and oxygen atoms in total. The SMILES string of the molecule is N=CC1=CC(C(=O)N=O)C(NC(=O)C(=N)CC(C2CC2)C2CCCCC2C(F)(F)F)CC1. The average molecular weight is 454 g/mol. The van der Waals surface area contributed by atoms with Gasteiger partial charge in [0.25, 0.3) is 11.8 Å². The lowest BCUT2D eigenvalue weighted by Crippen LogP contribution is -2.47. The number of carbonyl (C=O) groups is 2. The summed E-state index contributed by atoms with van der Waals surface area (Å²) in [5, 5.41) is 20.7. The molecule has 0 spiro atoms. The smallest absolute Gasteiger partial charge is 0.347 e. The Labute approximate surface area is 184 Å². The zero-order valence-corrected chi connectivity index (χ0v) is 17.8. The zero-order chi connectivity index (χ0) is 23.5. The number of rotatable bonds is 8. The molecule has 176 valence electrons. The molecule has 0 aromatic carbocycles. The summed E-state index contributed by atoms with van der Waals surface area (Å²) in [6.07, 6.45) is 2.40. The van der Waals surface area contributed by atoms with E-state index in [1.807, 2.05) is 0 Å². The highest BCUT2D eigenvalue weighted by Gasteiger charge is 2.51. The van der Waals surface area contributed by atoms with Crippen LogP contribution in [-0.4, -0.2) is 36.0 Å². The second-order valence-electron chi connectivity index (χ2n) is 9.24. The van der Waals surface area contributed by atoms with Crippen molar-refractivity contribution in [3.63, 3.8) is 0 Å². The summed E-state index contributed by atoms with van der Waals surface area (Å²) in [4.78, 5) is 35.4. The molecule has 0 heterocycles. The van der Waals surface area contributed by atoms with Gasteiger partial charge in [-0.2, -0.15) is 13.2 Å². The van der Waals surface area contributed by atoms with E-state index < -0.39 is 41.8 Å². The van der Waals surface area contributed by atoms with E-state index in [1.165, 1.54) is 6.08 Å². The third kappa shape index (κ3) is 5.69. The van der Waals surface area contributed by atoms with Gasteiger partial charge >= 0.3 is 6.18 Å². The minimum Gasteiger partial charge on any atom is -0.347 e. The Kier molecular flexibility index (Phi) is 7.61. The number of carbonyl (C=O) groups excluding carboxylic acids is 2. The van der Waals surface area contributed by atoms with Crippen LogP contribution in [0, 0.1) is 45.3 Å². The van der Waals surface area contributed by atoms with E-state index in [2.05, 4.69) is 10.5 Å². The van der Waals surface area contributed by atoms with Gasteiger partial charge in [0.1, 0.15) is 0 Å². The van der Waals surface area contributed by atoms with Gasteiger partial charge in [0.05, 0.1) is 17.5 Å². The van der Waals surface area contributed by atoms with E-state index in [-0.39, 0.29) is 30.4 Å². The lowest BCUT2D eigenvalue weighted by Gasteiger charge is -2.38. The predicted molar refractivity (Wildman–Crippen MR) is 112 cm³/mol. The highest BCUT2D eigenvalue weighted by atomic mass is 19.4. The highest BCUT2D eigenvalue weighted by molar-refractivity contribution is 6.37. The van der Waals surface area contributed by atoms with Crippen LogP contribution >= 0.6 is 0 Å². The standard InChI is InChI=1S/C22H29F3N4O3/c23-22(24,25)17-4-2-1-3-14(17)15(13-6-7-13)10-18(27)21(31)28-19-8-5-12(11-26)9-16(19)20(30)29-32/h9,11,13-17,19,26-27H,1-8,10H2,(H,28,31). The van der Waals surface area contributed by atoms with Crippen LogP contribution in [-0.2, 0) is 9.59 Å². The van der Waals surface area contributed by atoms with Crippen molar-refractivity contribution in [3.05, 3.63) is 16.6 Å². The molecule has 0 saturated heterocycles. The van der Waals surface area contributed by atoms with Crippen molar-refractivity contribution in [2.24, 2.45) is 34.8 Å². The Morgan fingerprint density at radius 1 is 1.19 bits per heavy atom. The molecule has 2 amide bonds. The molecule has 0 bridgehead atoms. The molecule has 3 rings (SSSR count). The van der Waals surface area contributed by atoms with E-state index in [1.54, 1.807) is 0 Å². The molecule has 0 aromatic heterocycles. The monoisotopic (exact) mass is 454 g/mol. The summed E-state index contributed by atoms with van der Waals surface area (Å²) in [6.45, 7) is 0. The predicted octanol–water partition coefficient (Wildman–Crippen LogP) is 4.55. The molecular formula is C22H29F3N4O3. The number of nitrogens with one attached hydrogen (secondary N) is 3. The van der Waals surface area contributed by atoms with Crippen molar-refractivity contribution in [1.82, 2.24) is 5.32 Å². The Balaban J connectivity index is 1.68. The second kappa shape index (κ2) is 10.0. The van der Waals surface area contributed by atoms with Gasteiger partial charge in [0, 0.05) is 17.4 Å². The van der Waals surface area contributed by atoms with Crippen LogP contribution in [0.1, 0.15) is 57.8 Å². The number of nitrogens with zero attached hydrogens (tertiary/aromatic N) is 1. The molecule has 0 aromatic rings. The first-order valence-corrected chi connectivity index (χ1v) is 11.2. The van der Waals surface area contributed by atoms with Crippen LogP contribution in [0.25, 0.3) is 0 Å². The summed E-state index contributed by atoms with van der Waals surface area (Å²) in [7, 11) is 0. The third-order valence-electron chi connectivity index (χ3n) is 7.18. The first-order valence-electron chi connectivity index (χ1n) is 11.2. The van der Waals surface area contributed by atoms with Gasteiger partial charge in [-0.1, -0.05) is 18.9 Å². The normalized spacial score (nSPS) is 29.4. The van der Waals surface area contributed by atoms with Gasteiger partial charge in [0.2, 0.25) is 0 Å². The van der Waals surface area contributed by atoms with Gasteiger partial charge in [-0.25, -0.2) is 0 Å². The summed E-state index contributed by atoms with van der Waals surface area (Å²) in [6, 6.07) is -0.742. The Bertz CT molecular complexity index is 807. The van der Waals surface area contributed by atoms with Crippen LogP contribution in [0.3, 0.4) is 0 Å². The molecule has 2 fully saturated rings. The fraction of sp³-hybridized carbons (Fsp3) is 0.727. The molecule has 32 heavy (non-hydrogen) atoms. The van der Waals surface area contributed by atoms with Gasteiger partial charge in [-0.3, -0.25) is 15.0 Å². The highest BCUT2D eigenvalue weighted by Crippen LogP contribution is 2.52. The molecule has 10 heteroatoms. The maximum absolute atomic E-state index is 13.6. The number of alkyl halides is 3. The maximum atomic E-state index is 13.6. The lowest BCUT2D eigenvalue weighted by atomic mass is 9.69. The Morgan fingerprint density at radius 2 is 1.88 bits per heavy atom. The van der Waals surface area contributed by atoms with Crippen molar-refractivity contribution in [1.29, 1.82) is 10.8 Å². The minimum absolute atomic E-state index is 0.0212. The maximum Gasteiger partial charge on any atom is 0.392 e. The van der Waals surface area contributed by atoms with E-state index in [4.69, 9.17) is 10.8 Å². The van der Waals surface area contributed by atoms with E-state index >= 15 is 0 Å². The molecule has 0 aliphatic heterocycles. The van der Waals surface area contributed by atoms with E-state index in [0.717, 1.165) is 25.5 Å². The van der Waals surface area contributed by atoms with Crippen LogP contribution in [0.5, 0.6) is 0 Å². The quantitative estimate of drug-likeness (QED) is 0.368. The first kappa shape index (κ1) is 24.3. The molecule has 3 aliphatic carbocycles. The molecule has 2 saturated carbocycles. The Morgan fingerprint density at radius 3 is 2.47 bits per heavy atom. The molecule has 3 aliphatic rings. The molecule has 5 unspecified atom stereocenters. The first-order chi connectivity index (χ1) is 15.2. The number of allylic oxidation sites excluding steroid dienone is 1. The van der Waals surface area contributed by atoms with Crippen molar-refractivity contribution in [2.45, 2.75) is 70.0 Å². The minimum atomic E-state index is -4.28. The van der Waals surface area contributed by atoms with Gasteiger partial charge < -0.3 is 10.7 Å². The number of amides is 2. The van der Waals surface area contributed by atoms with Crippen molar-refractivity contribution in [3.8, 4) is 0 Å². The number of nitroso groups, excluding NO2 is 1. The summed E-state index contributed by atoms with van der Waals surface area (Å²) in [5.74, 6) is -4.92. The van der Waals surface area contributed by atoms with E-state index in [9.17, 15) is 27.7 Å². The third-order valence-corrected chi connectivity index (χ3v) is 7.18. The molecular weight excluding hydrogens is 425 g/mol. The molecule has 3 N–H and O–H groups in total. The van der Waals surface area contributed by atoms with Gasteiger partial charge in [0.15, 0.2) is 0 Å². The van der Waals surface area contributed by atoms with Crippen LogP contribution in [0.2, 0.25) is 0 Å². The number of halogens is 3. The fourth-order valence-corrected chi connectivity index (χ4v) is 5.37. The number of hydrogen-bond acceptors (Lipinski definition) is 5. The molecule has 5 atom stereocenters. The fourth-order valence-electron chi connectivity index (χ4n) is 5.37. The van der Waals surface area contributed by atoms with E-state index in [0.29, 0.717) is 31.3 Å². The van der Waals surface area contributed by atoms with Crippen molar-refractivity contribution in [2.75, 3.05) is 0 Å². The summed E-state index contributed by atoms with van der Waals surface area (Å²) < 4.78 is 40.9. The van der Waals surface area contributed by atoms with Gasteiger partial charge in [-0.05, 0) is 68.3 Å². The molecule has 0 radical (unpaired) electrons. The summed E-state index contributed by atoms with van der Waals surface area (Å²) in [5.41, 5.74) is 0.261. The topological polar surface area (TPSA) is 123 Å². The van der Waals surface area contributed by atoms with Crippen molar-refractivity contribution < 1.29 is 22.8 Å². The summed E-state index contributed by atoms with van der Waals surface area (Å²) >= 11 is 0. The second-order valence-corrected chi connectivity index (χ2v) is 9.24. The van der Waals surface area contributed by atoms with Crippen LogP contribution in [0.4, 0.5) is 13.2 Å². The average Bonchev–Trinajstić information content (AvgIpc) is 3.61. The zero-order valence-electron chi connectivity index (χ0n) is 17.8. The Hall–Kier alpha value is -2.39.